The number of aromatic nitrogens is 2. The van der Waals surface area contributed by atoms with Crippen LogP contribution in [0.4, 0.5) is 5.82 Å². The van der Waals surface area contributed by atoms with Crippen LogP contribution in [0.15, 0.2) is 30.5 Å². The summed E-state index contributed by atoms with van der Waals surface area (Å²) in [6.45, 7) is 3.32. The molecule has 0 N–H and O–H groups in total. The fraction of sp³-hybridized carbons (Fsp3) is 0.333. The lowest BCUT2D eigenvalue weighted by atomic mass is 10.2. The Labute approximate surface area is 93.8 Å². The van der Waals surface area contributed by atoms with E-state index in [1.165, 1.54) is 5.39 Å². The van der Waals surface area contributed by atoms with Crippen LogP contribution in [0.3, 0.4) is 0 Å². The van der Waals surface area contributed by atoms with Crippen molar-refractivity contribution < 1.29 is 4.74 Å². The number of hydrogen-bond donors (Lipinski definition) is 0. The average molecular weight is 215 g/mol. The minimum Gasteiger partial charge on any atom is -0.378 e. The molecule has 82 valence electrons. The Morgan fingerprint density at radius 1 is 1.12 bits per heavy atom. The first-order valence-electron chi connectivity index (χ1n) is 5.48. The molecule has 0 amide bonds. The van der Waals surface area contributed by atoms with Crippen LogP contribution in [-0.4, -0.2) is 36.5 Å². The summed E-state index contributed by atoms with van der Waals surface area (Å²) >= 11 is 0. The highest BCUT2D eigenvalue weighted by Gasteiger charge is 2.15. The number of fused-ring (bicyclic) bond motifs is 1. The summed E-state index contributed by atoms with van der Waals surface area (Å²) in [7, 11) is 0. The summed E-state index contributed by atoms with van der Waals surface area (Å²) in [5.41, 5.74) is 0. The Kier molecular flexibility index (Phi) is 2.42. The molecule has 0 unspecified atom stereocenters. The molecule has 1 fully saturated rings. The summed E-state index contributed by atoms with van der Waals surface area (Å²) in [5, 5.41) is 10.6. The van der Waals surface area contributed by atoms with Crippen molar-refractivity contribution in [3.05, 3.63) is 30.5 Å². The molecule has 1 aliphatic heterocycles. The van der Waals surface area contributed by atoms with Crippen LogP contribution in [0.5, 0.6) is 0 Å². The summed E-state index contributed by atoms with van der Waals surface area (Å²) in [4.78, 5) is 2.23. The number of rotatable bonds is 1. The minimum absolute atomic E-state index is 0.769. The second kappa shape index (κ2) is 4.06. The van der Waals surface area contributed by atoms with Crippen molar-refractivity contribution in [3.63, 3.8) is 0 Å². The second-order valence-electron chi connectivity index (χ2n) is 3.85. The highest BCUT2D eigenvalue weighted by atomic mass is 16.5. The Bertz CT molecular complexity index is 489. The van der Waals surface area contributed by atoms with Crippen LogP contribution in [0.2, 0.25) is 0 Å². The summed E-state index contributed by atoms with van der Waals surface area (Å²) < 4.78 is 5.34. The molecule has 3 rings (SSSR count). The third-order valence-corrected chi connectivity index (χ3v) is 2.86. The van der Waals surface area contributed by atoms with Gasteiger partial charge in [-0.15, -0.1) is 5.10 Å². The number of nitrogens with zero attached hydrogens (tertiary/aromatic N) is 3. The molecule has 1 aromatic carbocycles. The zero-order valence-corrected chi connectivity index (χ0v) is 8.97. The number of benzene rings is 1. The molecule has 0 bridgehead atoms. The molecular formula is C12H13N3O. The first kappa shape index (κ1) is 9.54. The lowest BCUT2D eigenvalue weighted by Crippen LogP contribution is -2.37. The molecule has 1 saturated heterocycles. The van der Waals surface area contributed by atoms with Crippen LogP contribution < -0.4 is 4.90 Å². The van der Waals surface area contributed by atoms with Crippen molar-refractivity contribution in [2.45, 2.75) is 0 Å². The normalized spacial score (nSPS) is 16.6. The Morgan fingerprint density at radius 2 is 1.94 bits per heavy atom. The Morgan fingerprint density at radius 3 is 2.81 bits per heavy atom. The van der Waals surface area contributed by atoms with Gasteiger partial charge in [0.15, 0.2) is 5.82 Å². The van der Waals surface area contributed by atoms with Gasteiger partial charge in [-0.05, 0) is 0 Å². The van der Waals surface area contributed by atoms with Gasteiger partial charge < -0.3 is 9.64 Å². The van der Waals surface area contributed by atoms with Gasteiger partial charge in [-0.1, -0.05) is 24.3 Å². The number of anilines is 1. The first-order valence-corrected chi connectivity index (χ1v) is 5.48. The lowest BCUT2D eigenvalue weighted by Gasteiger charge is -2.28. The smallest absolute Gasteiger partial charge is 0.159 e. The van der Waals surface area contributed by atoms with Gasteiger partial charge in [0.05, 0.1) is 19.4 Å². The molecule has 16 heavy (non-hydrogen) atoms. The molecule has 0 spiro atoms. The van der Waals surface area contributed by atoms with E-state index in [2.05, 4.69) is 27.2 Å². The van der Waals surface area contributed by atoms with Gasteiger partial charge in [-0.2, -0.15) is 5.10 Å². The molecular weight excluding hydrogens is 202 g/mol. The molecule has 1 aliphatic rings. The predicted molar refractivity (Wildman–Crippen MR) is 62.6 cm³/mol. The maximum atomic E-state index is 5.34. The maximum Gasteiger partial charge on any atom is 0.159 e. The maximum absolute atomic E-state index is 5.34. The van der Waals surface area contributed by atoms with Gasteiger partial charge in [0.2, 0.25) is 0 Å². The Hall–Kier alpha value is -1.68. The van der Waals surface area contributed by atoms with Crippen LogP contribution in [0.25, 0.3) is 10.8 Å². The number of ether oxygens (including phenoxy) is 1. The largest absolute Gasteiger partial charge is 0.378 e. The van der Waals surface area contributed by atoms with Gasteiger partial charge in [-0.3, -0.25) is 0 Å². The van der Waals surface area contributed by atoms with Gasteiger partial charge in [0.25, 0.3) is 0 Å². The third kappa shape index (κ3) is 1.61. The van der Waals surface area contributed by atoms with Crippen molar-refractivity contribution in [3.8, 4) is 0 Å². The predicted octanol–water partition coefficient (Wildman–Crippen LogP) is 1.47. The monoisotopic (exact) mass is 215 g/mol. The van der Waals surface area contributed by atoms with Crippen LogP contribution in [0, 0.1) is 0 Å². The zero-order chi connectivity index (χ0) is 10.8. The zero-order valence-electron chi connectivity index (χ0n) is 8.97. The molecule has 1 aromatic heterocycles. The molecule has 2 aromatic rings. The summed E-state index contributed by atoms with van der Waals surface area (Å²) in [6, 6.07) is 8.21. The summed E-state index contributed by atoms with van der Waals surface area (Å²) in [5.74, 6) is 0.974. The van der Waals surface area contributed by atoms with E-state index in [4.69, 9.17) is 4.74 Å². The second-order valence-corrected chi connectivity index (χ2v) is 3.85. The van der Waals surface area contributed by atoms with Crippen LogP contribution >= 0.6 is 0 Å². The van der Waals surface area contributed by atoms with E-state index in [0.717, 1.165) is 37.5 Å². The molecule has 0 radical (unpaired) electrons. The van der Waals surface area contributed by atoms with E-state index in [-0.39, 0.29) is 0 Å². The fourth-order valence-corrected chi connectivity index (χ4v) is 2.02. The molecule has 2 heterocycles. The van der Waals surface area contributed by atoms with Gasteiger partial charge in [-0.25, -0.2) is 0 Å². The van der Waals surface area contributed by atoms with Crippen molar-refractivity contribution in [1.82, 2.24) is 10.2 Å². The summed E-state index contributed by atoms with van der Waals surface area (Å²) in [6.07, 6.45) is 1.80. The standard InChI is InChI=1S/C12H13N3O/c1-2-4-11-10(3-1)9-13-14-12(11)15-5-7-16-8-6-15/h1-4,9H,5-8H2. The first-order chi connectivity index (χ1) is 7.95. The van der Waals surface area contributed by atoms with E-state index in [1.807, 2.05) is 12.1 Å². The third-order valence-electron chi connectivity index (χ3n) is 2.86. The van der Waals surface area contributed by atoms with E-state index in [9.17, 15) is 0 Å². The lowest BCUT2D eigenvalue weighted by molar-refractivity contribution is 0.122. The molecule has 0 aliphatic carbocycles. The quantitative estimate of drug-likeness (QED) is 0.722. The highest BCUT2D eigenvalue weighted by molar-refractivity contribution is 5.91. The molecule has 0 saturated carbocycles. The number of hydrogen-bond acceptors (Lipinski definition) is 4. The molecule has 4 heteroatoms. The van der Waals surface area contributed by atoms with Crippen molar-refractivity contribution in [2.24, 2.45) is 0 Å². The average Bonchev–Trinajstić information content (AvgIpc) is 2.39. The Balaban J connectivity index is 2.08. The van der Waals surface area contributed by atoms with Crippen molar-refractivity contribution in [1.29, 1.82) is 0 Å². The number of morpholine rings is 1. The van der Waals surface area contributed by atoms with E-state index >= 15 is 0 Å². The van der Waals surface area contributed by atoms with Crippen molar-refractivity contribution >= 4 is 16.6 Å². The fourth-order valence-electron chi connectivity index (χ4n) is 2.02. The molecule has 0 atom stereocenters. The SMILES string of the molecule is c1ccc2c(N3CCOCC3)nncc2c1. The van der Waals surface area contributed by atoms with E-state index in [0.29, 0.717) is 0 Å². The van der Waals surface area contributed by atoms with Crippen LogP contribution in [0.1, 0.15) is 0 Å². The highest BCUT2D eigenvalue weighted by Crippen LogP contribution is 2.23. The van der Waals surface area contributed by atoms with Gasteiger partial charge in [0.1, 0.15) is 0 Å². The van der Waals surface area contributed by atoms with Gasteiger partial charge in [0, 0.05) is 23.9 Å². The van der Waals surface area contributed by atoms with Gasteiger partial charge >= 0.3 is 0 Å². The topological polar surface area (TPSA) is 38.2 Å². The van der Waals surface area contributed by atoms with Crippen LogP contribution in [-0.2, 0) is 4.74 Å². The minimum atomic E-state index is 0.769. The van der Waals surface area contributed by atoms with Crippen molar-refractivity contribution in [2.75, 3.05) is 31.2 Å². The molecule has 4 nitrogen and oxygen atoms in total. The van der Waals surface area contributed by atoms with E-state index in [1.54, 1.807) is 6.20 Å². The van der Waals surface area contributed by atoms with E-state index < -0.39 is 0 Å².